The van der Waals surface area contributed by atoms with Gasteiger partial charge in [0.2, 0.25) is 0 Å². The molecule has 0 unspecified atom stereocenters. The number of hydrogen-bond donors (Lipinski definition) is 4. The van der Waals surface area contributed by atoms with E-state index < -0.39 is 0 Å². The first-order chi connectivity index (χ1) is 7.22. The molecule has 1 rings (SSSR count). The molecule has 1 saturated carbocycles. The number of nitrogens with zero attached hydrogens (tertiary/aromatic N) is 1. The fourth-order valence-electron chi connectivity index (χ4n) is 1.53. The molecule has 0 spiro atoms. The quantitative estimate of drug-likeness (QED) is 0.154. The maximum atomic E-state index is 9.06. The van der Waals surface area contributed by atoms with Crippen molar-refractivity contribution in [1.29, 1.82) is 0 Å². The van der Waals surface area contributed by atoms with Crippen LogP contribution in [0.1, 0.15) is 32.1 Å². The molecule has 5 heteroatoms. The molecule has 5 nitrogen and oxygen atoms in total. The van der Waals surface area contributed by atoms with Gasteiger partial charge in [-0.25, -0.2) is 0 Å². The lowest BCUT2D eigenvalue weighted by atomic mass is 10.1. The third-order valence-corrected chi connectivity index (χ3v) is 2.96. The topological polar surface area (TPSA) is 90.9 Å². The van der Waals surface area contributed by atoms with Crippen LogP contribution in [0.2, 0.25) is 0 Å². The maximum Gasteiger partial charge on any atom is 0.139 e. The van der Waals surface area contributed by atoms with Crippen molar-refractivity contribution in [2.75, 3.05) is 19.7 Å². The molecule has 1 aliphatic carbocycles. The van der Waals surface area contributed by atoms with Gasteiger partial charge in [-0.15, -0.1) is 0 Å². The Bertz CT molecular complexity index is 215. The van der Waals surface area contributed by atoms with Crippen molar-refractivity contribution in [1.82, 2.24) is 5.32 Å². The summed E-state index contributed by atoms with van der Waals surface area (Å²) >= 11 is 0. The van der Waals surface area contributed by atoms with E-state index in [0.29, 0.717) is 18.9 Å². The van der Waals surface area contributed by atoms with Crippen molar-refractivity contribution in [2.24, 2.45) is 16.3 Å². The highest BCUT2D eigenvalue weighted by Gasteiger charge is 2.41. The minimum atomic E-state index is 0.186. The summed E-state index contributed by atoms with van der Waals surface area (Å²) in [5.41, 5.74) is 5.52. The van der Waals surface area contributed by atoms with Gasteiger partial charge < -0.3 is 21.4 Å². The molecule has 0 radical (unpaired) electrons. The molecular weight excluding hydrogens is 194 g/mol. The Balaban J connectivity index is 1.89. The van der Waals surface area contributed by atoms with Crippen LogP contribution >= 0.6 is 0 Å². The lowest BCUT2D eigenvalue weighted by Gasteiger charge is -2.12. The van der Waals surface area contributed by atoms with Crippen LogP contribution in [0.15, 0.2) is 5.16 Å². The Morgan fingerprint density at radius 1 is 1.40 bits per heavy atom. The molecule has 15 heavy (non-hydrogen) atoms. The van der Waals surface area contributed by atoms with Crippen molar-refractivity contribution in [3.63, 3.8) is 0 Å². The second-order valence-electron chi connectivity index (χ2n) is 4.38. The Hall–Kier alpha value is -0.810. The maximum absolute atomic E-state index is 9.06. The van der Waals surface area contributed by atoms with Gasteiger partial charge in [-0.3, -0.25) is 0 Å². The molecule has 0 heterocycles. The molecule has 1 aliphatic rings. The van der Waals surface area contributed by atoms with Gasteiger partial charge in [-0.1, -0.05) is 5.16 Å². The fraction of sp³-hybridized carbons (Fsp3) is 0.900. The summed E-state index contributed by atoms with van der Waals surface area (Å²) < 4.78 is 0. The fourth-order valence-corrected chi connectivity index (χ4v) is 1.53. The van der Waals surface area contributed by atoms with Gasteiger partial charge in [0.1, 0.15) is 5.84 Å². The number of aliphatic hydroxyl groups excluding tert-OH is 1. The van der Waals surface area contributed by atoms with Crippen LogP contribution < -0.4 is 11.1 Å². The van der Waals surface area contributed by atoms with Gasteiger partial charge in [0, 0.05) is 25.0 Å². The lowest BCUT2D eigenvalue weighted by molar-refractivity contribution is 0.208. The van der Waals surface area contributed by atoms with Gasteiger partial charge in [-0.2, -0.15) is 0 Å². The van der Waals surface area contributed by atoms with Gasteiger partial charge in [-0.05, 0) is 32.2 Å². The number of hydrogen-bond acceptors (Lipinski definition) is 4. The summed E-state index contributed by atoms with van der Waals surface area (Å²) in [5, 5.41) is 23.6. The van der Waals surface area contributed by atoms with Crippen LogP contribution in [0.4, 0.5) is 0 Å². The summed E-state index contributed by atoms with van der Waals surface area (Å²) in [6.07, 6.45) is 4.86. The molecule has 0 aromatic rings. The summed E-state index contributed by atoms with van der Waals surface area (Å²) in [4.78, 5) is 0. The summed E-state index contributed by atoms with van der Waals surface area (Å²) in [6, 6.07) is 0. The van der Waals surface area contributed by atoms with Crippen molar-refractivity contribution >= 4 is 5.84 Å². The molecule has 0 saturated heterocycles. The lowest BCUT2D eigenvalue weighted by Crippen LogP contribution is -2.27. The first kappa shape index (κ1) is 12.3. The molecule has 0 amide bonds. The Morgan fingerprint density at radius 2 is 2.13 bits per heavy atom. The summed E-state index contributed by atoms with van der Waals surface area (Å²) in [6.45, 7) is 2.14. The molecule has 5 N–H and O–H groups in total. The van der Waals surface area contributed by atoms with Crippen LogP contribution in [0.5, 0.6) is 0 Å². The molecular formula is C10H21N3O2. The highest BCUT2D eigenvalue weighted by molar-refractivity contribution is 5.79. The van der Waals surface area contributed by atoms with Crippen molar-refractivity contribution < 1.29 is 10.3 Å². The van der Waals surface area contributed by atoms with E-state index in [2.05, 4.69) is 10.5 Å². The highest BCUT2D eigenvalue weighted by atomic mass is 16.4. The normalized spacial score (nSPS) is 19.1. The zero-order valence-electron chi connectivity index (χ0n) is 9.08. The Kier molecular flexibility index (Phi) is 4.84. The Labute approximate surface area is 90.3 Å². The van der Waals surface area contributed by atoms with Gasteiger partial charge >= 0.3 is 0 Å². The van der Waals surface area contributed by atoms with E-state index in [9.17, 15) is 0 Å². The number of oxime groups is 1. The number of aliphatic hydroxyl groups is 1. The largest absolute Gasteiger partial charge is 0.409 e. The predicted octanol–water partition coefficient (Wildman–Crippen LogP) is 0.265. The van der Waals surface area contributed by atoms with Crippen molar-refractivity contribution in [2.45, 2.75) is 32.1 Å². The predicted molar refractivity (Wildman–Crippen MR) is 58.9 cm³/mol. The SMILES string of the molecule is NC(CCCCNCC1(CO)CC1)=NO. The first-order valence-electron chi connectivity index (χ1n) is 5.50. The van der Waals surface area contributed by atoms with E-state index in [1.165, 1.54) is 0 Å². The summed E-state index contributed by atoms with van der Waals surface area (Å²) in [7, 11) is 0. The van der Waals surface area contributed by atoms with E-state index in [0.717, 1.165) is 38.8 Å². The van der Waals surface area contributed by atoms with Crippen LogP contribution in [-0.4, -0.2) is 35.8 Å². The van der Waals surface area contributed by atoms with Crippen molar-refractivity contribution in [3.8, 4) is 0 Å². The minimum absolute atomic E-state index is 0.186. The number of nitrogens with two attached hydrogens (primary N) is 1. The van der Waals surface area contributed by atoms with E-state index in [4.69, 9.17) is 16.0 Å². The van der Waals surface area contributed by atoms with E-state index in [-0.39, 0.29) is 5.41 Å². The number of amidine groups is 1. The van der Waals surface area contributed by atoms with E-state index >= 15 is 0 Å². The minimum Gasteiger partial charge on any atom is -0.409 e. The van der Waals surface area contributed by atoms with Gasteiger partial charge in [0.15, 0.2) is 0 Å². The van der Waals surface area contributed by atoms with Crippen LogP contribution in [0.25, 0.3) is 0 Å². The molecule has 1 fully saturated rings. The zero-order chi connectivity index (χ0) is 11.1. The smallest absolute Gasteiger partial charge is 0.139 e. The molecule has 0 atom stereocenters. The van der Waals surface area contributed by atoms with E-state index in [1.54, 1.807) is 0 Å². The summed E-state index contributed by atoms with van der Waals surface area (Å²) in [5.74, 6) is 0.295. The first-order valence-corrected chi connectivity index (χ1v) is 5.50. The Morgan fingerprint density at radius 3 is 2.67 bits per heavy atom. The zero-order valence-corrected chi connectivity index (χ0v) is 9.08. The molecule has 0 bridgehead atoms. The average Bonchev–Trinajstić information content (AvgIpc) is 3.03. The monoisotopic (exact) mass is 215 g/mol. The second kappa shape index (κ2) is 5.92. The van der Waals surface area contributed by atoms with Gasteiger partial charge in [0.05, 0.1) is 0 Å². The van der Waals surface area contributed by atoms with Crippen molar-refractivity contribution in [3.05, 3.63) is 0 Å². The third-order valence-electron chi connectivity index (χ3n) is 2.96. The molecule has 88 valence electrons. The van der Waals surface area contributed by atoms with E-state index in [1.807, 2.05) is 0 Å². The average molecular weight is 215 g/mol. The second-order valence-corrected chi connectivity index (χ2v) is 4.38. The third kappa shape index (κ3) is 4.48. The van der Waals surface area contributed by atoms with Crippen LogP contribution in [0.3, 0.4) is 0 Å². The van der Waals surface area contributed by atoms with Crippen LogP contribution in [0, 0.1) is 5.41 Å². The van der Waals surface area contributed by atoms with Gasteiger partial charge in [0.25, 0.3) is 0 Å². The highest BCUT2D eigenvalue weighted by Crippen LogP contribution is 2.44. The number of nitrogens with one attached hydrogen (secondary N) is 1. The number of rotatable bonds is 8. The standard InChI is InChI=1S/C10H21N3O2/c11-9(13-15)3-1-2-6-12-7-10(8-14)4-5-10/h12,14-15H,1-8H2,(H2,11,13). The van der Waals surface area contributed by atoms with Crippen LogP contribution in [-0.2, 0) is 0 Å². The molecule has 0 aromatic carbocycles. The molecule has 0 aliphatic heterocycles. The number of unbranched alkanes of at least 4 members (excludes halogenated alkanes) is 1. The molecule has 0 aromatic heterocycles.